The summed E-state index contributed by atoms with van der Waals surface area (Å²) < 4.78 is 5.05. The molecule has 0 saturated heterocycles. The van der Waals surface area contributed by atoms with Crippen LogP contribution < -0.4 is 0 Å². The molecule has 2 aromatic rings. The highest BCUT2D eigenvalue weighted by molar-refractivity contribution is 5.81. The van der Waals surface area contributed by atoms with E-state index in [2.05, 4.69) is 56.0 Å². The van der Waals surface area contributed by atoms with Crippen LogP contribution in [-0.4, -0.2) is 24.3 Å². The zero-order valence-corrected chi connectivity index (χ0v) is 14.1. The van der Waals surface area contributed by atoms with E-state index in [1.54, 1.807) is 0 Å². The highest BCUT2D eigenvalue weighted by atomic mass is 16.5. The van der Waals surface area contributed by atoms with Gasteiger partial charge in [0, 0.05) is 12.7 Å². The van der Waals surface area contributed by atoms with Crippen LogP contribution in [0.5, 0.6) is 0 Å². The van der Waals surface area contributed by atoms with Crippen molar-refractivity contribution in [1.29, 1.82) is 0 Å². The van der Waals surface area contributed by atoms with E-state index in [4.69, 9.17) is 9.84 Å². The van der Waals surface area contributed by atoms with Crippen molar-refractivity contribution in [2.75, 3.05) is 13.2 Å². The minimum absolute atomic E-state index is 0.139. The van der Waals surface area contributed by atoms with Gasteiger partial charge in [0.1, 0.15) is 0 Å². The molecule has 3 heteroatoms. The lowest BCUT2D eigenvalue weighted by atomic mass is 9.93. The largest absolute Gasteiger partial charge is 0.463 e. The first-order valence-electron chi connectivity index (χ1n) is 8.23. The van der Waals surface area contributed by atoms with E-state index in [1.807, 2.05) is 0 Å². The number of benzene rings is 2. The molecule has 0 spiro atoms. The van der Waals surface area contributed by atoms with E-state index in [-0.39, 0.29) is 12.6 Å². The number of carbonyl (C=O) groups is 1. The summed E-state index contributed by atoms with van der Waals surface area (Å²) in [5.41, 5.74) is 5.92. The van der Waals surface area contributed by atoms with Crippen molar-refractivity contribution in [3.8, 4) is 11.1 Å². The highest BCUT2D eigenvalue weighted by Gasteiger charge is 2.07. The maximum atomic E-state index is 11.1. The van der Waals surface area contributed by atoms with Gasteiger partial charge in [0.15, 0.2) is 0 Å². The van der Waals surface area contributed by atoms with Crippen LogP contribution >= 0.6 is 0 Å². The van der Waals surface area contributed by atoms with Crippen molar-refractivity contribution in [1.82, 2.24) is 0 Å². The fraction of sp³-hybridized carbons (Fsp3) is 0.286. The molecule has 0 heterocycles. The standard InChI is InChI=1S/C21H24O3/c1-3-21(23)24-14-4-5-19-15-17(12-13-22)8-11-20(19)18-9-6-16(2)7-10-18/h3,6-11,15,22H,1,4-5,12-14H2,2H3. The molecule has 0 amide bonds. The summed E-state index contributed by atoms with van der Waals surface area (Å²) in [4.78, 5) is 11.1. The maximum absolute atomic E-state index is 11.1. The number of aliphatic hydroxyl groups is 1. The highest BCUT2D eigenvalue weighted by Crippen LogP contribution is 2.26. The topological polar surface area (TPSA) is 46.5 Å². The summed E-state index contributed by atoms with van der Waals surface area (Å²) in [6.45, 7) is 5.98. The number of aliphatic hydroxyl groups excluding tert-OH is 1. The van der Waals surface area contributed by atoms with Crippen molar-refractivity contribution in [2.24, 2.45) is 0 Å². The predicted molar refractivity (Wildman–Crippen MR) is 96.9 cm³/mol. The van der Waals surface area contributed by atoms with Gasteiger partial charge in [-0.05, 0) is 48.4 Å². The lowest BCUT2D eigenvalue weighted by Gasteiger charge is -2.13. The van der Waals surface area contributed by atoms with E-state index in [9.17, 15) is 4.79 Å². The van der Waals surface area contributed by atoms with Gasteiger partial charge in [-0.15, -0.1) is 0 Å². The van der Waals surface area contributed by atoms with Crippen LogP contribution in [0.25, 0.3) is 11.1 Å². The Bertz CT molecular complexity index is 687. The first-order chi connectivity index (χ1) is 11.6. The van der Waals surface area contributed by atoms with Gasteiger partial charge in [0.2, 0.25) is 0 Å². The van der Waals surface area contributed by atoms with Gasteiger partial charge < -0.3 is 9.84 Å². The summed E-state index contributed by atoms with van der Waals surface area (Å²) in [7, 11) is 0. The van der Waals surface area contributed by atoms with Gasteiger partial charge in [-0.1, -0.05) is 54.6 Å². The Labute approximate surface area is 143 Å². The van der Waals surface area contributed by atoms with Crippen LogP contribution in [-0.2, 0) is 22.4 Å². The summed E-state index contributed by atoms with van der Waals surface area (Å²) in [6, 6.07) is 14.8. The quantitative estimate of drug-likeness (QED) is 0.456. The number of hydrogen-bond acceptors (Lipinski definition) is 3. The first-order valence-corrected chi connectivity index (χ1v) is 8.23. The van der Waals surface area contributed by atoms with E-state index < -0.39 is 0 Å². The monoisotopic (exact) mass is 324 g/mol. The Hall–Kier alpha value is -2.39. The summed E-state index contributed by atoms with van der Waals surface area (Å²) in [5, 5.41) is 9.16. The number of aryl methyl sites for hydroxylation is 2. The van der Waals surface area contributed by atoms with Crippen molar-refractivity contribution >= 4 is 5.97 Å². The van der Waals surface area contributed by atoms with E-state index in [0.717, 1.165) is 18.4 Å². The molecular weight excluding hydrogens is 300 g/mol. The van der Waals surface area contributed by atoms with Gasteiger partial charge in [-0.2, -0.15) is 0 Å². The summed E-state index contributed by atoms with van der Waals surface area (Å²) in [6.07, 6.45) is 3.39. The van der Waals surface area contributed by atoms with Crippen LogP contribution in [0.15, 0.2) is 55.1 Å². The number of esters is 1. The molecule has 0 unspecified atom stereocenters. The zero-order valence-electron chi connectivity index (χ0n) is 14.1. The molecule has 1 N–H and O–H groups in total. The van der Waals surface area contributed by atoms with E-state index in [1.165, 1.54) is 28.3 Å². The average Bonchev–Trinajstić information content (AvgIpc) is 2.60. The fourth-order valence-corrected chi connectivity index (χ4v) is 2.65. The minimum Gasteiger partial charge on any atom is -0.463 e. The third-order valence-corrected chi connectivity index (χ3v) is 3.93. The van der Waals surface area contributed by atoms with Gasteiger partial charge in [-0.25, -0.2) is 4.79 Å². The Kier molecular flexibility index (Phi) is 6.76. The van der Waals surface area contributed by atoms with Crippen LogP contribution in [0, 0.1) is 6.92 Å². The van der Waals surface area contributed by atoms with Crippen molar-refractivity contribution < 1.29 is 14.6 Å². The van der Waals surface area contributed by atoms with Crippen LogP contribution in [0.3, 0.4) is 0 Å². The molecule has 0 aliphatic carbocycles. The second kappa shape index (κ2) is 9.04. The Morgan fingerprint density at radius 2 is 1.92 bits per heavy atom. The lowest BCUT2D eigenvalue weighted by Crippen LogP contribution is -2.04. The number of ether oxygens (including phenoxy) is 1. The summed E-state index contributed by atoms with van der Waals surface area (Å²) >= 11 is 0. The smallest absolute Gasteiger partial charge is 0.330 e. The molecule has 0 saturated carbocycles. The Morgan fingerprint density at radius 1 is 1.17 bits per heavy atom. The van der Waals surface area contributed by atoms with Crippen LogP contribution in [0.2, 0.25) is 0 Å². The molecule has 0 radical (unpaired) electrons. The predicted octanol–water partition coefficient (Wildman–Crippen LogP) is 3.86. The molecule has 2 rings (SSSR count). The SMILES string of the molecule is C=CC(=O)OCCCc1cc(CCO)ccc1-c1ccc(C)cc1. The average molecular weight is 324 g/mol. The number of rotatable bonds is 8. The van der Waals surface area contributed by atoms with Crippen molar-refractivity contribution in [2.45, 2.75) is 26.2 Å². The summed E-state index contributed by atoms with van der Waals surface area (Å²) in [5.74, 6) is -0.386. The first kappa shape index (κ1) is 18.0. The minimum atomic E-state index is -0.386. The molecule has 0 fully saturated rings. The molecule has 0 aliphatic rings. The second-order valence-corrected chi connectivity index (χ2v) is 5.81. The molecule has 0 aliphatic heterocycles. The van der Waals surface area contributed by atoms with Gasteiger partial charge in [0.05, 0.1) is 6.61 Å². The zero-order chi connectivity index (χ0) is 17.4. The van der Waals surface area contributed by atoms with E-state index in [0.29, 0.717) is 13.0 Å². The number of carbonyl (C=O) groups excluding carboxylic acids is 1. The van der Waals surface area contributed by atoms with Gasteiger partial charge in [-0.3, -0.25) is 0 Å². The second-order valence-electron chi connectivity index (χ2n) is 5.81. The lowest BCUT2D eigenvalue weighted by molar-refractivity contribution is -0.137. The Balaban J connectivity index is 2.17. The Morgan fingerprint density at radius 3 is 2.58 bits per heavy atom. The number of hydrogen-bond donors (Lipinski definition) is 1. The van der Waals surface area contributed by atoms with Crippen molar-refractivity contribution in [3.05, 3.63) is 71.8 Å². The third kappa shape index (κ3) is 5.07. The van der Waals surface area contributed by atoms with Crippen LogP contribution in [0.1, 0.15) is 23.1 Å². The van der Waals surface area contributed by atoms with E-state index >= 15 is 0 Å². The molecule has 0 atom stereocenters. The third-order valence-electron chi connectivity index (χ3n) is 3.93. The van der Waals surface area contributed by atoms with Gasteiger partial charge in [0.25, 0.3) is 0 Å². The molecule has 0 aromatic heterocycles. The fourth-order valence-electron chi connectivity index (χ4n) is 2.65. The molecule has 3 nitrogen and oxygen atoms in total. The normalized spacial score (nSPS) is 10.4. The van der Waals surface area contributed by atoms with Gasteiger partial charge >= 0.3 is 5.97 Å². The molecule has 126 valence electrons. The molecule has 2 aromatic carbocycles. The van der Waals surface area contributed by atoms with Crippen LogP contribution in [0.4, 0.5) is 0 Å². The maximum Gasteiger partial charge on any atom is 0.330 e. The van der Waals surface area contributed by atoms with Crippen molar-refractivity contribution in [3.63, 3.8) is 0 Å². The molecular formula is C21H24O3. The molecule has 0 bridgehead atoms. The molecule has 24 heavy (non-hydrogen) atoms.